The summed E-state index contributed by atoms with van der Waals surface area (Å²) in [5.41, 5.74) is 2.89. The van der Waals surface area contributed by atoms with E-state index in [4.69, 9.17) is 21.3 Å². The van der Waals surface area contributed by atoms with E-state index in [1.165, 1.54) is 0 Å². The van der Waals surface area contributed by atoms with Crippen LogP contribution in [-0.2, 0) is 6.42 Å². The molecule has 41 heavy (non-hydrogen) atoms. The zero-order chi connectivity index (χ0) is 28.1. The molecule has 1 N–H and O–H groups in total. The number of ether oxygens (including phenoxy) is 1. The number of aliphatic hydroxyl groups is 1. The summed E-state index contributed by atoms with van der Waals surface area (Å²) in [6, 6.07) is 15.3. The van der Waals surface area contributed by atoms with Crippen molar-refractivity contribution in [3.8, 4) is 17.3 Å². The van der Waals surface area contributed by atoms with Crippen LogP contribution in [-0.4, -0.2) is 50.8 Å². The first-order chi connectivity index (χ1) is 19.9. The summed E-state index contributed by atoms with van der Waals surface area (Å²) in [5.74, 6) is 0.547. The molecule has 2 fully saturated rings. The van der Waals surface area contributed by atoms with Crippen LogP contribution in [0, 0.1) is 24.6 Å². The molecule has 0 spiro atoms. The van der Waals surface area contributed by atoms with Gasteiger partial charge in [0.05, 0.1) is 18.1 Å². The fraction of sp³-hybridized carbons (Fsp3) is 0.312. The highest BCUT2D eigenvalue weighted by Crippen LogP contribution is 2.41. The first-order valence-corrected chi connectivity index (χ1v) is 14.3. The van der Waals surface area contributed by atoms with Gasteiger partial charge in [0.2, 0.25) is 0 Å². The molecule has 4 heterocycles. The lowest BCUT2D eigenvalue weighted by Gasteiger charge is -2.33. The highest BCUT2D eigenvalue weighted by Gasteiger charge is 2.40. The number of halogens is 2. The number of aromatic nitrogens is 4. The Morgan fingerprint density at radius 1 is 1.02 bits per heavy atom. The van der Waals surface area contributed by atoms with Crippen molar-refractivity contribution in [3.63, 3.8) is 0 Å². The van der Waals surface area contributed by atoms with Crippen molar-refractivity contribution >= 4 is 39.1 Å². The second-order valence-corrected chi connectivity index (χ2v) is 11.6. The number of anilines is 1. The molecule has 0 radical (unpaired) electrons. The molecular formula is C32H29ClFN5O2. The first kappa shape index (κ1) is 26.0. The molecule has 1 saturated carbocycles. The quantitative estimate of drug-likeness (QED) is 0.262. The van der Waals surface area contributed by atoms with Crippen LogP contribution in [0.5, 0.6) is 6.01 Å². The number of piperidine rings is 1. The molecule has 1 aliphatic heterocycles. The normalized spacial score (nSPS) is 20.2. The highest BCUT2D eigenvalue weighted by atomic mass is 35.5. The van der Waals surface area contributed by atoms with E-state index >= 15 is 4.39 Å². The number of hydrogen-bond acceptors (Lipinski definition) is 7. The third kappa shape index (κ3) is 4.85. The number of aryl methyl sites for hydroxylation is 1. The lowest BCUT2D eigenvalue weighted by molar-refractivity contribution is 0.137. The van der Waals surface area contributed by atoms with Crippen LogP contribution in [0.4, 0.5) is 10.2 Å². The molecular weight excluding hydrogens is 541 g/mol. The second kappa shape index (κ2) is 10.5. The molecule has 0 amide bonds. The van der Waals surface area contributed by atoms with Crippen molar-refractivity contribution in [2.45, 2.75) is 32.3 Å². The molecule has 7 rings (SSSR count). The average Bonchev–Trinajstić information content (AvgIpc) is 3.24. The Morgan fingerprint density at radius 2 is 1.88 bits per heavy atom. The van der Waals surface area contributed by atoms with Gasteiger partial charge in [-0.3, -0.25) is 9.97 Å². The lowest BCUT2D eigenvalue weighted by atomic mass is 9.98. The maximum Gasteiger partial charge on any atom is 0.319 e. The Hall–Kier alpha value is -3.88. The van der Waals surface area contributed by atoms with E-state index in [0.717, 1.165) is 41.4 Å². The largest absolute Gasteiger partial charge is 0.463 e. The van der Waals surface area contributed by atoms with Crippen molar-refractivity contribution in [1.29, 1.82) is 0 Å². The van der Waals surface area contributed by atoms with Gasteiger partial charge in [-0.05, 0) is 48.8 Å². The number of pyridine rings is 2. The summed E-state index contributed by atoms with van der Waals surface area (Å²) in [5, 5.41) is 13.2. The minimum Gasteiger partial charge on any atom is -0.463 e. The molecule has 7 nitrogen and oxygen atoms in total. The van der Waals surface area contributed by atoms with Crippen molar-refractivity contribution in [1.82, 2.24) is 19.9 Å². The fourth-order valence-corrected chi connectivity index (χ4v) is 6.59. The van der Waals surface area contributed by atoms with E-state index in [-0.39, 0.29) is 29.2 Å². The van der Waals surface area contributed by atoms with Crippen LogP contribution in [0.3, 0.4) is 0 Å². The summed E-state index contributed by atoms with van der Waals surface area (Å²) in [6.07, 6.45) is 5.47. The van der Waals surface area contributed by atoms with Crippen LogP contribution in [0.15, 0.2) is 60.9 Å². The monoisotopic (exact) mass is 569 g/mol. The van der Waals surface area contributed by atoms with E-state index in [0.29, 0.717) is 47.3 Å². The standard InChI is InChI=1S/C32H29ClFN5O2/c1-18-8-9-22(35-14-18)10-11-41-32-37-30-24(31(38-32)39-16-19-12-21(17-39)26(40)13-19)15-36-29(28(30)34)23-6-2-4-20-5-3-7-25(33)27(20)23/h2-9,14-15,19,21,26,40H,10-13,16-17H2,1H3/t19-,21?,26-/m1/s1. The molecule has 2 bridgehead atoms. The predicted octanol–water partition coefficient (Wildman–Crippen LogP) is 6.17. The Balaban J connectivity index is 1.31. The van der Waals surface area contributed by atoms with Gasteiger partial charge < -0.3 is 14.7 Å². The van der Waals surface area contributed by atoms with Crippen LogP contribution >= 0.6 is 11.6 Å². The van der Waals surface area contributed by atoms with Crippen LogP contribution in [0.1, 0.15) is 24.1 Å². The van der Waals surface area contributed by atoms with Crippen molar-refractivity contribution in [3.05, 3.63) is 83.0 Å². The van der Waals surface area contributed by atoms with E-state index in [1.54, 1.807) is 12.3 Å². The Morgan fingerprint density at radius 3 is 2.68 bits per heavy atom. The van der Waals surface area contributed by atoms with Gasteiger partial charge in [-0.2, -0.15) is 9.97 Å². The molecule has 5 aromatic rings. The number of nitrogens with zero attached hydrogens (tertiary/aromatic N) is 5. The zero-order valence-corrected chi connectivity index (χ0v) is 23.4. The average molecular weight is 570 g/mol. The summed E-state index contributed by atoms with van der Waals surface area (Å²) in [7, 11) is 0. The predicted molar refractivity (Wildman–Crippen MR) is 158 cm³/mol. The first-order valence-electron chi connectivity index (χ1n) is 14.0. The molecule has 2 aliphatic rings. The Bertz CT molecular complexity index is 1760. The van der Waals surface area contributed by atoms with Gasteiger partial charge >= 0.3 is 6.01 Å². The molecule has 1 aliphatic carbocycles. The Kier molecular flexibility index (Phi) is 6.67. The molecule has 1 unspecified atom stereocenters. The van der Waals surface area contributed by atoms with Gasteiger partial charge in [-0.1, -0.05) is 48.0 Å². The van der Waals surface area contributed by atoms with Crippen LogP contribution in [0.25, 0.3) is 32.9 Å². The zero-order valence-electron chi connectivity index (χ0n) is 22.6. The van der Waals surface area contributed by atoms with Gasteiger partial charge in [-0.25, -0.2) is 4.39 Å². The molecule has 3 atom stereocenters. The fourth-order valence-electron chi connectivity index (χ4n) is 6.30. The molecule has 9 heteroatoms. The van der Waals surface area contributed by atoms with E-state index in [2.05, 4.69) is 19.9 Å². The van der Waals surface area contributed by atoms with Gasteiger partial charge in [-0.15, -0.1) is 0 Å². The molecule has 208 valence electrons. The van der Waals surface area contributed by atoms with Crippen LogP contribution < -0.4 is 9.64 Å². The maximum atomic E-state index is 16.5. The number of fused-ring (bicyclic) bond motifs is 4. The van der Waals surface area contributed by atoms with Gasteiger partial charge in [0.25, 0.3) is 0 Å². The summed E-state index contributed by atoms with van der Waals surface area (Å²) in [4.78, 5) is 20.5. The maximum absolute atomic E-state index is 16.5. The number of benzene rings is 2. The number of aliphatic hydroxyl groups excluding tert-OH is 1. The van der Waals surface area contributed by atoms with Gasteiger partial charge in [0, 0.05) is 59.5 Å². The van der Waals surface area contributed by atoms with E-state index in [9.17, 15) is 5.11 Å². The Labute approximate surface area is 242 Å². The molecule has 2 aromatic carbocycles. The van der Waals surface area contributed by atoms with Gasteiger partial charge in [0.1, 0.15) is 17.0 Å². The second-order valence-electron chi connectivity index (χ2n) is 11.2. The van der Waals surface area contributed by atoms with Gasteiger partial charge in [0.15, 0.2) is 5.82 Å². The van der Waals surface area contributed by atoms with Crippen molar-refractivity contribution < 1.29 is 14.2 Å². The van der Waals surface area contributed by atoms with E-state index in [1.807, 2.05) is 55.6 Å². The summed E-state index contributed by atoms with van der Waals surface area (Å²) in [6.45, 7) is 3.66. The minimum absolute atomic E-state index is 0.102. The number of rotatable bonds is 6. The topological polar surface area (TPSA) is 84.3 Å². The van der Waals surface area contributed by atoms with Crippen molar-refractivity contribution in [2.24, 2.45) is 11.8 Å². The number of hydrogen-bond donors (Lipinski definition) is 1. The molecule has 1 saturated heterocycles. The molecule has 3 aromatic heterocycles. The minimum atomic E-state index is -0.552. The van der Waals surface area contributed by atoms with Crippen LogP contribution in [0.2, 0.25) is 5.02 Å². The van der Waals surface area contributed by atoms with E-state index < -0.39 is 5.82 Å². The third-order valence-electron chi connectivity index (χ3n) is 8.30. The lowest BCUT2D eigenvalue weighted by Crippen LogP contribution is -2.38. The van der Waals surface area contributed by atoms with Crippen molar-refractivity contribution in [2.75, 3.05) is 24.6 Å². The SMILES string of the molecule is Cc1ccc(CCOc2nc(N3CC4C[C@H](C[C@H]4O)C3)c3cnc(-c4cccc5cccc(Cl)c45)c(F)c3n2)nc1. The third-order valence-corrected chi connectivity index (χ3v) is 8.62. The summed E-state index contributed by atoms with van der Waals surface area (Å²) < 4.78 is 22.5. The summed E-state index contributed by atoms with van der Waals surface area (Å²) >= 11 is 6.57. The highest BCUT2D eigenvalue weighted by molar-refractivity contribution is 6.36. The smallest absolute Gasteiger partial charge is 0.319 e.